The van der Waals surface area contributed by atoms with Gasteiger partial charge in [-0.3, -0.25) is 0 Å². The van der Waals surface area contributed by atoms with Gasteiger partial charge in [0, 0.05) is 4.47 Å². The quantitative estimate of drug-likeness (QED) is 0.908. The van der Waals surface area contributed by atoms with Crippen molar-refractivity contribution in [1.29, 1.82) is 0 Å². The van der Waals surface area contributed by atoms with Gasteiger partial charge in [-0.2, -0.15) is 0 Å². The molecule has 0 unspecified atom stereocenters. The van der Waals surface area contributed by atoms with Crippen molar-refractivity contribution in [3.8, 4) is 5.75 Å². The molecule has 19 heavy (non-hydrogen) atoms. The molecule has 0 aromatic heterocycles. The number of aliphatic hydroxyl groups is 1. The zero-order valence-electron chi connectivity index (χ0n) is 10.2. The maximum Gasteiger partial charge on any atom is 0.147 e. The Bertz CT molecular complexity index is 604. The fourth-order valence-corrected chi connectivity index (χ4v) is 2.45. The van der Waals surface area contributed by atoms with Gasteiger partial charge in [-0.05, 0) is 41.5 Å². The summed E-state index contributed by atoms with van der Waals surface area (Å²) < 4.78 is 6.83. The van der Waals surface area contributed by atoms with Gasteiger partial charge in [0.1, 0.15) is 18.0 Å². The predicted octanol–water partition coefficient (Wildman–Crippen LogP) is 3.96. The minimum atomic E-state index is -0.634. The Kier molecular flexibility index (Phi) is 3.40. The van der Waals surface area contributed by atoms with E-state index in [1.807, 2.05) is 60.7 Å². The largest absolute Gasteiger partial charge is 0.483 e. The number of rotatable bonds is 2. The lowest BCUT2D eigenvalue weighted by molar-refractivity contribution is 0.0623. The average Bonchev–Trinajstić information content (AvgIpc) is 2.45. The van der Waals surface area contributed by atoms with E-state index < -0.39 is 6.10 Å². The summed E-state index contributed by atoms with van der Waals surface area (Å²) in [5.41, 5.74) is 1.96. The first-order valence-electron chi connectivity index (χ1n) is 6.11. The molecular weight excluding hydrogens is 304 g/mol. The van der Waals surface area contributed by atoms with Crippen LogP contribution in [0.5, 0.6) is 5.75 Å². The van der Waals surface area contributed by atoms with Crippen molar-refractivity contribution in [3.05, 3.63) is 70.2 Å². The number of fused-ring (bicyclic) bond motifs is 1. The Morgan fingerprint density at radius 1 is 1.00 bits per heavy atom. The van der Waals surface area contributed by atoms with Crippen LogP contribution in [0.25, 0.3) is 6.08 Å². The second kappa shape index (κ2) is 5.19. The molecule has 2 nitrogen and oxygen atoms in total. The Labute approximate surface area is 120 Å². The van der Waals surface area contributed by atoms with Gasteiger partial charge in [-0.1, -0.05) is 46.3 Å². The molecule has 0 saturated carbocycles. The molecule has 1 aliphatic rings. The second-order valence-corrected chi connectivity index (χ2v) is 5.38. The van der Waals surface area contributed by atoms with Crippen molar-refractivity contribution >= 4 is 22.0 Å². The summed E-state index contributed by atoms with van der Waals surface area (Å²) >= 11 is 3.38. The first kappa shape index (κ1) is 12.5. The molecule has 3 heteroatoms. The highest BCUT2D eigenvalue weighted by Crippen LogP contribution is 2.30. The van der Waals surface area contributed by atoms with E-state index in [4.69, 9.17) is 4.74 Å². The fourth-order valence-electron chi connectivity index (χ4n) is 2.19. The lowest BCUT2D eigenvalue weighted by Gasteiger charge is -2.26. The molecule has 2 aromatic rings. The van der Waals surface area contributed by atoms with E-state index in [0.29, 0.717) is 0 Å². The highest BCUT2D eigenvalue weighted by Gasteiger charge is 2.25. The third-order valence-electron chi connectivity index (χ3n) is 3.18. The third kappa shape index (κ3) is 2.57. The van der Waals surface area contributed by atoms with E-state index in [1.165, 1.54) is 0 Å². The molecule has 96 valence electrons. The number of benzene rings is 2. The molecule has 0 spiro atoms. The molecule has 0 bridgehead atoms. The summed E-state index contributed by atoms with van der Waals surface area (Å²) in [6, 6.07) is 15.4. The molecule has 0 fully saturated rings. The third-order valence-corrected chi connectivity index (χ3v) is 3.71. The number of aliphatic hydroxyl groups excluding tert-OH is 1. The molecule has 3 rings (SSSR count). The van der Waals surface area contributed by atoms with Gasteiger partial charge in [0.25, 0.3) is 0 Å². The van der Waals surface area contributed by atoms with Gasteiger partial charge in [-0.25, -0.2) is 0 Å². The maximum absolute atomic E-state index is 10.4. The first-order chi connectivity index (χ1) is 9.24. The second-order valence-electron chi connectivity index (χ2n) is 4.47. The molecule has 2 aromatic carbocycles. The van der Waals surface area contributed by atoms with Crippen LogP contribution in [0.3, 0.4) is 0 Å². The number of halogens is 1. The highest BCUT2D eigenvalue weighted by molar-refractivity contribution is 9.10. The predicted molar refractivity (Wildman–Crippen MR) is 79.0 cm³/mol. The van der Waals surface area contributed by atoms with Crippen LogP contribution < -0.4 is 4.74 Å². The topological polar surface area (TPSA) is 29.5 Å². The van der Waals surface area contributed by atoms with E-state index in [-0.39, 0.29) is 6.10 Å². The van der Waals surface area contributed by atoms with E-state index in [2.05, 4.69) is 15.9 Å². The number of ether oxygens (including phenoxy) is 1. The SMILES string of the molecule is O[C@@H]1c2ccccc2C=C[C@H]1Oc1ccc(Br)cc1. The summed E-state index contributed by atoms with van der Waals surface area (Å²) in [5.74, 6) is 0.747. The van der Waals surface area contributed by atoms with E-state index in [1.54, 1.807) is 0 Å². The summed E-state index contributed by atoms with van der Waals surface area (Å²) in [5, 5.41) is 10.4. The molecule has 0 saturated heterocycles. The van der Waals surface area contributed by atoms with Crippen LogP contribution in [0.15, 0.2) is 59.1 Å². The highest BCUT2D eigenvalue weighted by atomic mass is 79.9. The lowest BCUT2D eigenvalue weighted by atomic mass is 9.93. The van der Waals surface area contributed by atoms with Crippen LogP contribution in [-0.4, -0.2) is 11.2 Å². The molecular formula is C16H13BrO2. The minimum absolute atomic E-state index is 0.351. The Hall–Kier alpha value is -1.58. The van der Waals surface area contributed by atoms with Crippen molar-refractivity contribution in [3.63, 3.8) is 0 Å². The molecule has 0 amide bonds. The Morgan fingerprint density at radius 2 is 1.74 bits per heavy atom. The summed E-state index contributed by atoms with van der Waals surface area (Å²) in [4.78, 5) is 0. The maximum atomic E-state index is 10.4. The van der Waals surface area contributed by atoms with Crippen LogP contribution in [0, 0.1) is 0 Å². The van der Waals surface area contributed by atoms with Gasteiger partial charge >= 0.3 is 0 Å². The van der Waals surface area contributed by atoms with Crippen molar-refractivity contribution < 1.29 is 9.84 Å². The monoisotopic (exact) mass is 316 g/mol. The summed E-state index contributed by atoms with van der Waals surface area (Å²) in [6.45, 7) is 0. The van der Waals surface area contributed by atoms with Gasteiger partial charge in [0.05, 0.1) is 0 Å². The molecule has 0 heterocycles. The summed E-state index contributed by atoms with van der Waals surface area (Å²) in [7, 11) is 0. The zero-order chi connectivity index (χ0) is 13.2. The standard InChI is InChI=1S/C16H13BrO2/c17-12-6-8-13(9-7-12)19-15-10-5-11-3-1-2-4-14(11)16(15)18/h1-10,15-16,18H/t15-,16-/m1/s1. The van der Waals surface area contributed by atoms with E-state index in [9.17, 15) is 5.11 Å². The van der Waals surface area contributed by atoms with Crippen LogP contribution in [0.2, 0.25) is 0 Å². The molecule has 1 N–H and O–H groups in total. The van der Waals surface area contributed by atoms with Crippen molar-refractivity contribution in [1.82, 2.24) is 0 Å². The zero-order valence-corrected chi connectivity index (χ0v) is 11.7. The lowest BCUT2D eigenvalue weighted by Crippen LogP contribution is -2.25. The number of hydrogen-bond donors (Lipinski definition) is 1. The van der Waals surface area contributed by atoms with Crippen LogP contribution >= 0.6 is 15.9 Å². The van der Waals surface area contributed by atoms with Gasteiger partial charge in [-0.15, -0.1) is 0 Å². The molecule has 0 radical (unpaired) electrons. The van der Waals surface area contributed by atoms with E-state index in [0.717, 1.165) is 21.3 Å². The molecule has 0 aliphatic heterocycles. The summed E-state index contributed by atoms with van der Waals surface area (Å²) in [6.07, 6.45) is 2.90. The fraction of sp³-hybridized carbons (Fsp3) is 0.125. The van der Waals surface area contributed by atoms with Crippen LogP contribution in [0.4, 0.5) is 0 Å². The Morgan fingerprint density at radius 3 is 2.53 bits per heavy atom. The smallest absolute Gasteiger partial charge is 0.147 e. The van der Waals surface area contributed by atoms with Crippen LogP contribution in [-0.2, 0) is 0 Å². The minimum Gasteiger partial charge on any atom is -0.483 e. The first-order valence-corrected chi connectivity index (χ1v) is 6.91. The normalized spacial score (nSPS) is 20.9. The number of hydrogen-bond acceptors (Lipinski definition) is 2. The Balaban J connectivity index is 1.83. The molecule has 2 atom stereocenters. The average molecular weight is 317 g/mol. The molecule has 1 aliphatic carbocycles. The van der Waals surface area contributed by atoms with Gasteiger partial charge in [0.2, 0.25) is 0 Å². The van der Waals surface area contributed by atoms with Crippen molar-refractivity contribution in [2.24, 2.45) is 0 Å². The van der Waals surface area contributed by atoms with Gasteiger partial charge in [0.15, 0.2) is 0 Å². The van der Waals surface area contributed by atoms with Crippen molar-refractivity contribution in [2.75, 3.05) is 0 Å². The van der Waals surface area contributed by atoms with Crippen molar-refractivity contribution in [2.45, 2.75) is 12.2 Å². The van der Waals surface area contributed by atoms with E-state index >= 15 is 0 Å². The van der Waals surface area contributed by atoms with Crippen LogP contribution in [0.1, 0.15) is 17.2 Å². The van der Waals surface area contributed by atoms with Gasteiger partial charge < -0.3 is 9.84 Å².